The number of hydrogen-bond donors (Lipinski definition) is 1. The van der Waals surface area contributed by atoms with Crippen LogP contribution in [0.25, 0.3) is 0 Å². The van der Waals surface area contributed by atoms with Crippen LogP contribution in [-0.4, -0.2) is 36.6 Å². The van der Waals surface area contributed by atoms with Crippen molar-refractivity contribution < 1.29 is 0 Å². The highest BCUT2D eigenvalue weighted by Crippen LogP contribution is 2.35. The first-order chi connectivity index (χ1) is 8.24. The van der Waals surface area contributed by atoms with Crippen molar-refractivity contribution in [3.8, 4) is 0 Å². The van der Waals surface area contributed by atoms with E-state index in [1.54, 1.807) is 0 Å². The minimum Gasteiger partial charge on any atom is -0.311 e. The van der Waals surface area contributed by atoms with Gasteiger partial charge in [0.25, 0.3) is 0 Å². The first-order valence-electron chi connectivity index (χ1n) is 7.73. The summed E-state index contributed by atoms with van der Waals surface area (Å²) in [7, 11) is 0. The lowest BCUT2D eigenvalue weighted by atomic mass is 9.90. The van der Waals surface area contributed by atoms with Crippen LogP contribution in [0.3, 0.4) is 0 Å². The predicted molar refractivity (Wildman–Crippen MR) is 74.2 cm³/mol. The van der Waals surface area contributed by atoms with Gasteiger partial charge in [0.2, 0.25) is 0 Å². The van der Waals surface area contributed by atoms with E-state index >= 15 is 0 Å². The Morgan fingerprint density at radius 2 is 1.94 bits per heavy atom. The van der Waals surface area contributed by atoms with E-state index < -0.39 is 0 Å². The Morgan fingerprint density at radius 1 is 1.24 bits per heavy atom. The van der Waals surface area contributed by atoms with Gasteiger partial charge in [0.15, 0.2) is 0 Å². The van der Waals surface area contributed by atoms with Crippen molar-refractivity contribution in [2.45, 2.75) is 65.0 Å². The molecule has 2 aliphatic rings. The molecule has 2 fully saturated rings. The molecule has 100 valence electrons. The first kappa shape index (κ1) is 13.4. The number of likely N-dealkylation sites (tertiary alicyclic amines) is 1. The Hall–Kier alpha value is -0.0800. The molecule has 0 radical (unpaired) electrons. The fraction of sp³-hybridized carbons (Fsp3) is 1.00. The second-order valence-electron chi connectivity index (χ2n) is 6.12. The van der Waals surface area contributed by atoms with E-state index in [0.717, 1.165) is 23.9 Å². The second-order valence-corrected chi connectivity index (χ2v) is 6.12. The van der Waals surface area contributed by atoms with Crippen molar-refractivity contribution in [2.24, 2.45) is 11.8 Å². The smallest absolute Gasteiger partial charge is 0.0102 e. The summed E-state index contributed by atoms with van der Waals surface area (Å²) >= 11 is 0. The van der Waals surface area contributed by atoms with Crippen molar-refractivity contribution in [1.29, 1.82) is 0 Å². The topological polar surface area (TPSA) is 15.3 Å². The third-order valence-corrected chi connectivity index (χ3v) is 4.85. The number of piperidine rings is 1. The van der Waals surface area contributed by atoms with E-state index in [9.17, 15) is 0 Å². The summed E-state index contributed by atoms with van der Waals surface area (Å²) in [5.74, 6) is 1.92. The number of nitrogens with zero attached hydrogens (tertiary/aromatic N) is 1. The molecule has 1 aliphatic carbocycles. The fourth-order valence-electron chi connectivity index (χ4n) is 3.38. The predicted octanol–water partition coefficient (Wildman–Crippen LogP) is 2.89. The van der Waals surface area contributed by atoms with Gasteiger partial charge in [0.1, 0.15) is 0 Å². The standard InChI is InChI=1S/C15H30N2/c1-4-6-14-11-15(14)16-12(3)13-7-9-17(5-2)10-8-13/h12-16H,4-11H2,1-3H3. The maximum absolute atomic E-state index is 3.87. The lowest BCUT2D eigenvalue weighted by Gasteiger charge is -2.34. The first-order valence-corrected chi connectivity index (χ1v) is 7.73. The molecule has 3 atom stereocenters. The number of nitrogens with one attached hydrogen (secondary N) is 1. The van der Waals surface area contributed by atoms with Crippen LogP contribution in [0.1, 0.15) is 52.9 Å². The molecule has 0 amide bonds. The summed E-state index contributed by atoms with van der Waals surface area (Å²) in [5, 5.41) is 3.87. The molecular formula is C15H30N2. The molecule has 1 saturated heterocycles. The van der Waals surface area contributed by atoms with Crippen molar-refractivity contribution in [2.75, 3.05) is 19.6 Å². The molecule has 1 aliphatic heterocycles. The van der Waals surface area contributed by atoms with E-state index in [1.165, 1.54) is 51.7 Å². The van der Waals surface area contributed by atoms with E-state index in [0.29, 0.717) is 0 Å². The van der Waals surface area contributed by atoms with E-state index in [1.807, 2.05) is 0 Å². The van der Waals surface area contributed by atoms with Gasteiger partial charge in [-0.1, -0.05) is 20.3 Å². The molecule has 2 nitrogen and oxygen atoms in total. The Labute approximate surface area is 107 Å². The molecule has 2 rings (SSSR count). The molecule has 2 heteroatoms. The average molecular weight is 238 g/mol. The molecular weight excluding hydrogens is 208 g/mol. The van der Waals surface area contributed by atoms with Gasteiger partial charge >= 0.3 is 0 Å². The van der Waals surface area contributed by atoms with Crippen molar-refractivity contribution in [3.05, 3.63) is 0 Å². The SMILES string of the molecule is CCCC1CC1NC(C)C1CCN(CC)CC1. The van der Waals surface area contributed by atoms with Crippen LogP contribution in [0.4, 0.5) is 0 Å². The highest BCUT2D eigenvalue weighted by molar-refractivity contribution is 4.95. The molecule has 3 unspecified atom stereocenters. The third kappa shape index (κ3) is 3.69. The van der Waals surface area contributed by atoms with Crippen LogP contribution in [0.2, 0.25) is 0 Å². The minimum absolute atomic E-state index is 0.737. The van der Waals surface area contributed by atoms with Gasteiger partial charge in [0.05, 0.1) is 0 Å². The van der Waals surface area contributed by atoms with Crippen molar-refractivity contribution in [3.63, 3.8) is 0 Å². The van der Waals surface area contributed by atoms with Crippen molar-refractivity contribution in [1.82, 2.24) is 10.2 Å². The van der Waals surface area contributed by atoms with Crippen LogP contribution >= 0.6 is 0 Å². The maximum Gasteiger partial charge on any atom is 0.0102 e. The van der Waals surface area contributed by atoms with Crippen molar-refractivity contribution >= 4 is 0 Å². The Bertz CT molecular complexity index is 221. The largest absolute Gasteiger partial charge is 0.311 e. The zero-order valence-corrected chi connectivity index (χ0v) is 11.9. The zero-order valence-electron chi connectivity index (χ0n) is 11.9. The quantitative estimate of drug-likeness (QED) is 0.765. The summed E-state index contributed by atoms with van der Waals surface area (Å²) in [6.45, 7) is 10.9. The highest BCUT2D eigenvalue weighted by Gasteiger charge is 2.37. The average Bonchev–Trinajstić information content (AvgIpc) is 3.08. The lowest BCUT2D eigenvalue weighted by molar-refractivity contribution is 0.168. The van der Waals surface area contributed by atoms with Gasteiger partial charge in [-0.3, -0.25) is 0 Å². The van der Waals surface area contributed by atoms with Gasteiger partial charge in [-0.25, -0.2) is 0 Å². The van der Waals surface area contributed by atoms with E-state index in [2.05, 4.69) is 31.0 Å². The minimum atomic E-state index is 0.737. The molecule has 1 saturated carbocycles. The fourth-order valence-corrected chi connectivity index (χ4v) is 3.38. The Balaban J connectivity index is 1.65. The van der Waals surface area contributed by atoms with E-state index in [-0.39, 0.29) is 0 Å². The summed E-state index contributed by atoms with van der Waals surface area (Å²) in [6.07, 6.45) is 7.01. The molecule has 0 bridgehead atoms. The Kier molecular flexibility index (Phi) is 4.87. The summed E-state index contributed by atoms with van der Waals surface area (Å²) in [5.41, 5.74) is 0. The number of hydrogen-bond acceptors (Lipinski definition) is 2. The van der Waals surface area contributed by atoms with Crippen LogP contribution in [0, 0.1) is 11.8 Å². The van der Waals surface area contributed by atoms with Gasteiger partial charge in [-0.2, -0.15) is 0 Å². The summed E-state index contributed by atoms with van der Waals surface area (Å²) in [6, 6.07) is 1.59. The summed E-state index contributed by atoms with van der Waals surface area (Å²) < 4.78 is 0. The monoisotopic (exact) mass is 238 g/mol. The zero-order chi connectivity index (χ0) is 12.3. The molecule has 17 heavy (non-hydrogen) atoms. The molecule has 1 N–H and O–H groups in total. The van der Waals surface area contributed by atoms with Crippen LogP contribution in [0.5, 0.6) is 0 Å². The summed E-state index contributed by atoms with van der Waals surface area (Å²) in [4.78, 5) is 2.58. The van der Waals surface area contributed by atoms with Crippen LogP contribution < -0.4 is 5.32 Å². The van der Waals surface area contributed by atoms with Gasteiger partial charge in [0, 0.05) is 12.1 Å². The highest BCUT2D eigenvalue weighted by atomic mass is 15.1. The van der Waals surface area contributed by atoms with Gasteiger partial charge in [-0.05, 0) is 64.1 Å². The van der Waals surface area contributed by atoms with Gasteiger partial charge < -0.3 is 10.2 Å². The molecule has 0 aromatic heterocycles. The molecule has 0 aromatic rings. The maximum atomic E-state index is 3.87. The van der Waals surface area contributed by atoms with Crippen LogP contribution in [0.15, 0.2) is 0 Å². The second kappa shape index (κ2) is 6.19. The van der Waals surface area contributed by atoms with E-state index in [4.69, 9.17) is 0 Å². The number of rotatable bonds is 6. The van der Waals surface area contributed by atoms with Gasteiger partial charge in [-0.15, -0.1) is 0 Å². The molecule has 0 spiro atoms. The Morgan fingerprint density at radius 3 is 2.53 bits per heavy atom. The van der Waals surface area contributed by atoms with Crippen LogP contribution in [-0.2, 0) is 0 Å². The lowest BCUT2D eigenvalue weighted by Crippen LogP contribution is -2.42. The molecule has 0 aromatic carbocycles. The normalized spacial score (nSPS) is 32.6. The third-order valence-electron chi connectivity index (χ3n) is 4.85. The molecule has 1 heterocycles.